The van der Waals surface area contributed by atoms with Crippen molar-refractivity contribution in [2.24, 2.45) is 0 Å². The van der Waals surface area contributed by atoms with E-state index < -0.39 is 5.97 Å². The fourth-order valence-electron chi connectivity index (χ4n) is 2.78. The van der Waals surface area contributed by atoms with Crippen molar-refractivity contribution in [3.63, 3.8) is 0 Å². The summed E-state index contributed by atoms with van der Waals surface area (Å²) in [4.78, 5) is 11.1. The predicted molar refractivity (Wildman–Crippen MR) is 117 cm³/mol. The molecule has 0 radical (unpaired) electrons. The first-order valence-corrected chi connectivity index (χ1v) is 10.1. The summed E-state index contributed by atoms with van der Waals surface area (Å²) in [6.07, 6.45) is 0. The molecule has 0 aliphatic heterocycles. The zero-order valence-corrected chi connectivity index (χ0v) is 18.3. The summed E-state index contributed by atoms with van der Waals surface area (Å²) in [5, 5.41) is 12.4. The van der Waals surface area contributed by atoms with Gasteiger partial charge in [0.05, 0.1) is 22.2 Å². The van der Waals surface area contributed by atoms with Crippen molar-refractivity contribution < 1.29 is 23.8 Å². The quantitative estimate of drug-likeness (QED) is 0.394. The fraction of sp³-hybridized carbons (Fsp3) is 0.136. The van der Waals surface area contributed by atoms with E-state index in [4.69, 9.17) is 26.2 Å². The SMILES string of the molecule is COc1cc(CNc2ccc(C(=O)O)c(Cl)c2)cc(Br)c1OCc1ccccc1F. The summed E-state index contributed by atoms with van der Waals surface area (Å²) >= 11 is 9.49. The van der Waals surface area contributed by atoms with Crippen LogP contribution in [0.15, 0.2) is 59.1 Å². The zero-order valence-electron chi connectivity index (χ0n) is 15.9. The Morgan fingerprint density at radius 1 is 1.20 bits per heavy atom. The Labute approximate surface area is 186 Å². The van der Waals surface area contributed by atoms with E-state index in [1.807, 2.05) is 12.1 Å². The maximum atomic E-state index is 13.8. The lowest BCUT2D eigenvalue weighted by Gasteiger charge is -2.15. The first kappa shape index (κ1) is 21.9. The van der Waals surface area contributed by atoms with Crippen LogP contribution in [0.1, 0.15) is 21.5 Å². The van der Waals surface area contributed by atoms with Crippen LogP contribution in [-0.4, -0.2) is 18.2 Å². The minimum absolute atomic E-state index is 0.0444. The van der Waals surface area contributed by atoms with Crippen LogP contribution in [0.2, 0.25) is 5.02 Å². The number of aromatic carboxylic acids is 1. The molecule has 3 aromatic carbocycles. The van der Waals surface area contributed by atoms with Crippen LogP contribution in [0, 0.1) is 5.82 Å². The van der Waals surface area contributed by atoms with Crippen molar-refractivity contribution in [2.75, 3.05) is 12.4 Å². The Kier molecular flexibility index (Phi) is 7.18. The lowest BCUT2D eigenvalue weighted by Crippen LogP contribution is -2.04. The molecule has 30 heavy (non-hydrogen) atoms. The smallest absolute Gasteiger partial charge is 0.337 e. The van der Waals surface area contributed by atoms with Gasteiger partial charge in [-0.3, -0.25) is 0 Å². The number of rotatable bonds is 8. The molecule has 0 saturated carbocycles. The van der Waals surface area contributed by atoms with E-state index in [1.54, 1.807) is 30.3 Å². The lowest BCUT2D eigenvalue weighted by atomic mass is 10.1. The van der Waals surface area contributed by atoms with E-state index in [2.05, 4.69) is 21.2 Å². The second-order valence-electron chi connectivity index (χ2n) is 6.34. The summed E-state index contributed by atoms with van der Waals surface area (Å²) in [7, 11) is 1.53. The minimum atomic E-state index is -1.08. The molecule has 0 fully saturated rings. The van der Waals surface area contributed by atoms with Crippen molar-refractivity contribution in [1.29, 1.82) is 0 Å². The Balaban J connectivity index is 1.73. The number of ether oxygens (including phenoxy) is 2. The van der Waals surface area contributed by atoms with Gasteiger partial charge >= 0.3 is 5.97 Å². The summed E-state index contributed by atoms with van der Waals surface area (Å²) < 4.78 is 25.7. The van der Waals surface area contributed by atoms with Gasteiger partial charge in [-0.2, -0.15) is 0 Å². The van der Waals surface area contributed by atoms with Gasteiger partial charge in [-0.15, -0.1) is 0 Å². The zero-order chi connectivity index (χ0) is 21.7. The molecule has 2 N–H and O–H groups in total. The standard InChI is InChI=1S/C22H18BrClFNO4/c1-29-20-9-13(11-26-15-6-7-16(22(27)28)18(24)10-15)8-17(23)21(20)30-12-14-4-2-3-5-19(14)25/h2-10,26H,11-12H2,1H3,(H,27,28). The summed E-state index contributed by atoms with van der Waals surface area (Å²) in [6, 6.07) is 14.7. The molecule has 0 spiro atoms. The van der Waals surface area contributed by atoms with Crippen LogP contribution < -0.4 is 14.8 Å². The van der Waals surface area contributed by atoms with E-state index >= 15 is 0 Å². The first-order chi connectivity index (χ1) is 14.4. The molecule has 0 aliphatic carbocycles. The first-order valence-electron chi connectivity index (χ1n) is 8.88. The molecule has 5 nitrogen and oxygen atoms in total. The number of anilines is 1. The molecule has 0 aromatic heterocycles. The highest BCUT2D eigenvalue weighted by atomic mass is 79.9. The average molecular weight is 495 g/mol. The van der Waals surface area contributed by atoms with Crippen LogP contribution in [-0.2, 0) is 13.2 Å². The average Bonchev–Trinajstić information content (AvgIpc) is 2.72. The number of nitrogens with one attached hydrogen (secondary N) is 1. The Hall–Kier alpha value is -2.77. The third-order valence-corrected chi connectivity index (χ3v) is 5.22. The van der Waals surface area contributed by atoms with Crippen LogP contribution in [0.4, 0.5) is 10.1 Å². The minimum Gasteiger partial charge on any atom is -0.493 e. The molecular weight excluding hydrogens is 477 g/mol. The van der Waals surface area contributed by atoms with Gasteiger partial charge < -0.3 is 19.9 Å². The van der Waals surface area contributed by atoms with E-state index in [9.17, 15) is 9.18 Å². The highest BCUT2D eigenvalue weighted by Crippen LogP contribution is 2.37. The van der Waals surface area contributed by atoms with E-state index in [-0.39, 0.29) is 23.0 Å². The second kappa shape index (κ2) is 9.82. The molecule has 0 aliphatic rings. The largest absolute Gasteiger partial charge is 0.493 e. The number of carboxylic acids is 1. The van der Waals surface area contributed by atoms with Gasteiger partial charge in [0.2, 0.25) is 0 Å². The second-order valence-corrected chi connectivity index (χ2v) is 7.60. The predicted octanol–water partition coefficient (Wildman–Crippen LogP) is 6.14. The van der Waals surface area contributed by atoms with Gasteiger partial charge in [0, 0.05) is 17.8 Å². The maximum absolute atomic E-state index is 13.8. The molecule has 0 bridgehead atoms. The van der Waals surface area contributed by atoms with E-state index in [0.29, 0.717) is 33.8 Å². The van der Waals surface area contributed by atoms with Gasteiger partial charge in [0.15, 0.2) is 11.5 Å². The number of carbonyl (C=O) groups is 1. The highest BCUT2D eigenvalue weighted by Gasteiger charge is 2.14. The van der Waals surface area contributed by atoms with Gasteiger partial charge in [0.1, 0.15) is 12.4 Å². The van der Waals surface area contributed by atoms with Gasteiger partial charge in [0.25, 0.3) is 0 Å². The number of hydrogen-bond acceptors (Lipinski definition) is 4. The maximum Gasteiger partial charge on any atom is 0.337 e. The van der Waals surface area contributed by atoms with Crippen molar-refractivity contribution in [3.8, 4) is 11.5 Å². The lowest BCUT2D eigenvalue weighted by molar-refractivity contribution is 0.0697. The van der Waals surface area contributed by atoms with Crippen molar-refractivity contribution >= 4 is 39.2 Å². The normalized spacial score (nSPS) is 10.5. The number of halogens is 3. The summed E-state index contributed by atoms with van der Waals surface area (Å²) in [6.45, 7) is 0.499. The molecule has 3 rings (SSSR count). The molecule has 156 valence electrons. The van der Waals surface area contributed by atoms with Crippen molar-refractivity contribution in [1.82, 2.24) is 0 Å². The number of benzene rings is 3. The third kappa shape index (κ3) is 5.23. The Morgan fingerprint density at radius 3 is 2.63 bits per heavy atom. The Morgan fingerprint density at radius 2 is 1.97 bits per heavy atom. The molecule has 0 unspecified atom stereocenters. The van der Waals surface area contributed by atoms with E-state index in [0.717, 1.165) is 5.56 Å². The van der Waals surface area contributed by atoms with Gasteiger partial charge in [-0.05, 0) is 57.9 Å². The number of hydrogen-bond donors (Lipinski definition) is 2. The van der Waals surface area contributed by atoms with Crippen LogP contribution in [0.25, 0.3) is 0 Å². The number of carboxylic acid groups (broad SMARTS) is 1. The molecule has 0 saturated heterocycles. The topological polar surface area (TPSA) is 67.8 Å². The van der Waals surface area contributed by atoms with Gasteiger partial charge in [-0.25, -0.2) is 9.18 Å². The van der Waals surface area contributed by atoms with Crippen molar-refractivity contribution in [2.45, 2.75) is 13.2 Å². The van der Waals surface area contributed by atoms with Gasteiger partial charge in [-0.1, -0.05) is 29.8 Å². The van der Waals surface area contributed by atoms with Crippen LogP contribution in [0.5, 0.6) is 11.5 Å². The molecular formula is C22H18BrClFNO4. The third-order valence-electron chi connectivity index (χ3n) is 4.32. The monoisotopic (exact) mass is 493 g/mol. The molecule has 0 atom stereocenters. The number of methoxy groups -OCH3 is 1. The van der Waals surface area contributed by atoms with E-state index in [1.165, 1.54) is 19.2 Å². The summed E-state index contributed by atoms with van der Waals surface area (Å²) in [5.74, 6) is -0.442. The fourth-order valence-corrected chi connectivity index (χ4v) is 3.65. The molecule has 8 heteroatoms. The Bertz CT molecular complexity index is 1080. The van der Waals surface area contributed by atoms with Crippen LogP contribution in [0.3, 0.4) is 0 Å². The van der Waals surface area contributed by atoms with Crippen molar-refractivity contribution in [3.05, 3.63) is 86.6 Å². The van der Waals surface area contributed by atoms with Crippen LogP contribution >= 0.6 is 27.5 Å². The summed E-state index contributed by atoms with van der Waals surface area (Å²) in [5.41, 5.74) is 2.05. The molecule has 0 heterocycles. The molecule has 3 aromatic rings. The molecule has 0 amide bonds. The highest BCUT2D eigenvalue weighted by molar-refractivity contribution is 9.10.